The zero-order valence-corrected chi connectivity index (χ0v) is 12.5. The van der Waals surface area contributed by atoms with Crippen molar-refractivity contribution in [2.24, 2.45) is 13.0 Å². The molecule has 0 aromatic carbocycles. The molecule has 0 aliphatic rings. The van der Waals surface area contributed by atoms with Gasteiger partial charge in [0.2, 0.25) is 10.0 Å². The van der Waals surface area contributed by atoms with E-state index in [4.69, 9.17) is 0 Å². The van der Waals surface area contributed by atoms with Crippen LogP contribution < -0.4 is 4.72 Å². The highest BCUT2D eigenvalue weighted by Crippen LogP contribution is 2.22. The van der Waals surface area contributed by atoms with Gasteiger partial charge in [0.25, 0.3) is 0 Å². The number of nitrogens with zero attached hydrogens (tertiary/aromatic N) is 3. The molecule has 2 aromatic heterocycles. The molecule has 2 heterocycles. The average molecular weight is 294 g/mol. The molecule has 0 saturated carbocycles. The molecule has 0 spiro atoms. The molecule has 108 valence electrons. The van der Waals surface area contributed by atoms with Crippen LogP contribution in [-0.4, -0.2) is 23.0 Å². The van der Waals surface area contributed by atoms with Crippen LogP contribution in [0.15, 0.2) is 41.8 Å². The summed E-state index contributed by atoms with van der Waals surface area (Å²) in [6.45, 7) is 3.90. The van der Waals surface area contributed by atoms with Crippen LogP contribution in [0.5, 0.6) is 0 Å². The van der Waals surface area contributed by atoms with Crippen molar-refractivity contribution in [1.82, 2.24) is 19.3 Å². The van der Waals surface area contributed by atoms with E-state index in [1.54, 1.807) is 18.5 Å². The lowest BCUT2D eigenvalue weighted by Gasteiger charge is -2.21. The van der Waals surface area contributed by atoms with E-state index in [9.17, 15) is 8.42 Å². The Kier molecular flexibility index (Phi) is 4.20. The summed E-state index contributed by atoms with van der Waals surface area (Å²) in [6.07, 6.45) is 6.32. The average Bonchev–Trinajstić information content (AvgIpc) is 2.83. The normalized spacial score (nSPS) is 13.6. The van der Waals surface area contributed by atoms with E-state index in [0.29, 0.717) is 5.82 Å². The molecule has 0 radical (unpaired) electrons. The van der Waals surface area contributed by atoms with Crippen LogP contribution in [-0.2, 0) is 17.1 Å². The molecule has 0 saturated heterocycles. The fraction of sp³-hybridized carbons (Fsp3) is 0.385. The van der Waals surface area contributed by atoms with Gasteiger partial charge in [0.1, 0.15) is 10.7 Å². The zero-order chi connectivity index (χ0) is 14.8. The topological polar surface area (TPSA) is 76.9 Å². The van der Waals surface area contributed by atoms with Gasteiger partial charge in [-0.1, -0.05) is 13.8 Å². The molecule has 0 amide bonds. The van der Waals surface area contributed by atoms with Crippen molar-refractivity contribution in [3.05, 3.63) is 42.7 Å². The van der Waals surface area contributed by atoms with E-state index >= 15 is 0 Å². The quantitative estimate of drug-likeness (QED) is 0.906. The second-order valence-electron chi connectivity index (χ2n) is 4.93. The van der Waals surface area contributed by atoms with Gasteiger partial charge < -0.3 is 4.57 Å². The molecular weight excluding hydrogens is 276 g/mol. The summed E-state index contributed by atoms with van der Waals surface area (Å²) in [7, 11) is -1.77. The van der Waals surface area contributed by atoms with Crippen LogP contribution in [0.1, 0.15) is 25.7 Å². The minimum Gasteiger partial charge on any atom is -0.337 e. The SMILES string of the molecule is CC(C)C(NS(=O)(=O)c1cccnc1)c1nccn1C. The summed E-state index contributed by atoms with van der Waals surface area (Å²) in [6, 6.07) is 2.73. The molecule has 1 unspecified atom stereocenters. The van der Waals surface area contributed by atoms with Gasteiger partial charge in [-0.15, -0.1) is 0 Å². The Balaban J connectivity index is 2.32. The van der Waals surface area contributed by atoms with Crippen LogP contribution in [0.25, 0.3) is 0 Å². The molecule has 2 aromatic rings. The number of hydrogen-bond acceptors (Lipinski definition) is 4. The summed E-state index contributed by atoms with van der Waals surface area (Å²) >= 11 is 0. The Morgan fingerprint density at radius 2 is 2.05 bits per heavy atom. The van der Waals surface area contributed by atoms with Crippen LogP contribution in [0.2, 0.25) is 0 Å². The van der Waals surface area contributed by atoms with Crippen molar-refractivity contribution in [2.45, 2.75) is 24.8 Å². The van der Waals surface area contributed by atoms with Gasteiger partial charge in [-0.25, -0.2) is 18.1 Å². The molecule has 0 bridgehead atoms. The van der Waals surface area contributed by atoms with Crippen molar-refractivity contribution >= 4 is 10.0 Å². The summed E-state index contributed by atoms with van der Waals surface area (Å²) in [5.74, 6) is 0.759. The first kappa shape index (κ1) is 14.7. The van der Waals surface area contributed by atoms with E-state index < -0.39 is 10.0 Å². The number of sulfonamides is 1. The maximum atomic E-state index is 12.4. The summed E-state index contributed by atoms with van der Waals surface area (Å²) in [5.41, 5.74) is 0. The van der Waals surface area contributed by atoms with Gasteiger partial charge in [-0.3, -0.25) is 4.98 Å². The molecule has 0 aliphatic carbocycles. The van der Waals surface area contributed by atoms with E-state index in [0.717, 1.165) is 0 Å². The molecule has 1 N–H and O–H groups in total. The summed E-state index contributed by atoms with van der Waals surface area (Å²) in [4.78, 5) is 8.23. The van der Waals surface area contributed by atoms with Gasteiger partial charge in [0.05, 0.1) is 6.04 Å². The third-order valence-corrected chi connectivity index (χ3v) is 4.46. The van der Waals surface area contributed by atoms with Gasteiger partial charge >= 0.3 is 0 Å². The molecular formula is C13H18N4O2S. The fourth-order valence-corrected chi connectivity index (χ4v) is 3.21. The standard InChI is InChI=1S/C13H18N4O2S/c1-10(2)12(13-15-7-8-17(13)3)16-20(18,19)11-5-4-6-14-9-11/h4-10,12,16H,1-3H3. The lowest BCUT2D eigenvalue weighted by molar-refractivity contribution is 0.434. The van der Waals surface area contributed by atoms with Crippen LogP contribution in [0.3, 0.4) is 0 Å². The summed E-state index contributed by atoms with van der Waals surface area (Å²) in [5, 5.41) is 0. The monoisotopic (exact) mass is 294 g/mol. The third-order valence-electron chi connectivity index (χ3n) is 3.03. The highest BCUT2D eigenvalue weighted by Gasteiger charge is 2.26. The second kappa shape index (κ2) is 5.72. The number of rotatable bonds is 5. The van der Waals surface area contributed by atoms with Crippen LogP contribution in [0, 0.1) is 5.92 Å². The van der Waals surface area contributed by atoms with E-state index in [1.165, 1.54) is 18.5 Å². The van der Waals surface area contributed by atoms with Gasteiger partial charge in [0.15, 0.2) is 0 Å². The Morgan fingerprint density at radius 1 is 1.30 bits per heavy atom. The van der Waals surface area contributed by atoms with Crippen molar-refractivity contribution in [3.8, 4) is 0 Å². The van der Waals surface area contributed by atoms with Crippen LogP contribution >= 0.6 is 0 Å². The second-order valence-corrected chi connectivity index (χ2v) is 6.64. The first-order chi connectivity index (χ1) is 9.42. The Labute approximate surface area is 118 Å². The highest BCUT2D eigenvalue weighted by molar-refractivity contribution is 7.89. The largest absolute Gasteiger partial charge is 0.337 e. The number of aromatic nitrogens is 3. The lowest BCUT2D eigenvalue weighted by atomic mass is 10.1. The number of imidazole rings is 1. The molecule has 7 heteroatoms. The Bertz CT molecular complexity index is 665. The third kappa shape index (κ3) is 3.05. The van der Waals surface area contributed by atoms with Crippen molar-refractivity contribution in [3.63, 3.8) is 0 Å². The number of aryl methyl sites for hydroxylation is 1. The number of nitrogens with one attached hydrogen (secondary N) is 1. The maximum Gasteiger partial charge on any atom is 0.242 e. The molecule has 6 nitrogen and oxygen atoms in total. The molecule has 1 atom stereocenters. The van der Waals surface area contributed by atoms with Crippen molar-refractivity contribution in [2.75, 3.05) is 0 Å². The van der Waals surface area contributed by atoms with Crippen molar-refractivity contribution < 1.29 is 8.42 Å². The number of hydrogen-bond donors (Lipinski definition) is 1. The minimum atomic E-state index is -3.61. The number of pyridine rings is 1. The predicted octanol–water partition coefficient (Wildman–Crippen LogP) is 1.49. The minimum absolute atomic E-state index is 0.0718. The zero-order valence-electron chi connectivity index (χ0n) is 11.7. The van der Waals surface area contributed by atoms with Gasteiger partial charge in [-0.05, 0) is 18.1 Å². The Hall–Kier alpha value is -1.73. The van der Waals surface area contributed by atoms with Gasteiger partial charge in [-0.2, -0.15) is 0 Å². The van der Waals surface area contributed by atoms with E-state index in [1.807, 2.05) is 25.5 Å². The molecule has 2 rings (SSSR count). The molecule has 20 heavy (non-hydrogen) atoms. The molecule has 0 aliphatic heterocycles. The van der Waals surface area contributed by atoms with Crippen LogP contribution in [0.4, 0.5) is 0 Å². The fourth-order valence-electron chi connectivity index (χ4n) is 1.90. The van der Waals surface area contributed by atoms with E-state index in [2.05, 4.69) is 14.7 Å². The molecule has 0 fully saturated rings. The highest BCUT2D eigenvalue weighted by atomic mass is 32.2. The lowest BCUT2D eigenvalue weighted by Crippen LogP contribution is -2.33. The summed E-state index contributed by atoms with van der Waals surface area (Å²) < 4.78 is 29.2. The Morgan fingerprint density at radius 3 is 2.55 bits per heavy atom. The van der Waals surface area contributed by atoms with E-state index in [-0.39, 0.29) is 16.9 Å². The predicted molar refractivity (Wildman–Crippen MR) is 75.3 cm³/mol. The first-order valence-electron chi connectivity index (χ1n) is 6.31. The first-order valence-corrected chi connectivity index (χ1v) is 7.79. The maximum absolute atomic E-state index is 12.4. The smallest absolute Gasteiger partial charge is 0.242 e. The van der Waals surface area contributed by atoms with Crippen molar-refractivity contribution in [1.29, 1.82) is 0 Å². The van der Waals surface area contributed by atoms with Gasteiger partial charge in [0, 0.05) is 31.8 Å².